The molecule has 2 fully saturated rings. The van der Waals surface area contributed by atoms with E-state index in [0.717, 1.165) is 44.9 Å². The van der Waals surface area contributed by atoms with Gasteiger partial charge in [-0.15, -0.1) is 11.6 Å². The maximum atomic E-state index is 13.2. The number of carbonyl (C=O) groups is 3. The fraction of sp³-hybridized carbons (Fsp3) is 0.857. The zero-order valence-electron chi connectivity index (χ0n) is 16.9. The van der Waals surface area contributed by atoms with Crippen molar-refractivity contribution in [1.82, 2.24) is 5.32 Å². The molecule has 2 rings (SSSR count). The van der Waals surface area contributed by atoms with Gasteiger partial charge in [-0.3, -0.25) is 14.4 Å². The first kappa shape index (κ1) is 23.0. The van der Waals surface area contributed by atoms with E-state index in [9.17, 15) is 19.5 Å². The largest absolute Gasteiger partial charge is 0.481 e. The summed E-state index contributed by atoms with van der Waals surface area (Å²) < 4.78 is 5.14. The summed E-state index contributed by atoms with van der Waals surface area (Å²) in [6, 6.07) is -0.0424. The number of alkyl halides is 1. The van der Waals surface area contributed by atoms with Crippen molar-refractivity contribution in [3.63, 3.8) is 0 Å². The first-order valence-electron chi connectivity index (χ1n) is 10.7. The third kappa shape index (κ3) is 6.10. The lowest BCUT2D eigenvalue weighted by atomic mass is 9.75. The van der Waals surface area contributed by atoms with Crippen molar-refractivity contribution in [2.24, 2.45) is 17.3 Å². The van der Waals surface area contributed by atoms with Crippen molar-refractivity contribution in [1.29, 1.82) is 0 Å². The molecule has 0 radical (unpaired) electrons. The number of amides is 1. The van der Waals surface area contributed by atoms with Gasteiger partial charge in [0.2, 0.25) is 5.91 Å². The molecule has 0 aromatic rings. The van der Waals surface area contributed by atoms with E-state index in [-0.39, 0.29) is 23.8 Å². The van der Waals surface area contributed by atoms with Gasteiger partial charge in [0.1, 0.15) is 0 Å². The van der Waals surface area contributed by atoms with E-state index in [2.05, 4.69) is 5.32 Å². The predicted octanol–water partition coefficient (Wildman–Crippen LogP) is 3.89. The molecule has 6 nitrogen and oxygen atoms in total. The highest BCUT2D eigenvalue weighted by atomic mass is 35.5. The molecular weight excluding hydrogens is 382 g/mol. The molecule has 1 unspecified atom stereocenters. The molecule has 2 aliphatic rings. The molecule has 1 amide bonds. The van der Waals surface area contributed by atoms with Crippen LogP contribution in [0.4, 0.5) is 0 Å². The number of carbonyl (C=O) groups excluding carboxylic acids is 2. The Hall–Kier alpha value is -1.30. The van der Waals surface area contributed by atoms with Gasteiger partial charge in [-0.2, -0.15) is 0 Å². The minimum absolute atomic E-state index is 0.0309. The first-order chi connectivity index (χ1) is 13.4. The Morgan fingerprint density at radius 3 is 2.54 bits per heavy atom. The zero-order chi connectivity index (χ0) is 20.6. The fourth-order valence-electron chi connectivity index (χ4n) is 4.82. The molecule has 2 saturated carbocycles. The van der Waals surface area contributed by atoms with Gasteiger partial charge in [-0.25, -0.2) is 0 Å². The van der Waals surface area contributed by atoms with Crippen LogP contribution in [0, 0.1) is 17.3 Å². The molecule has 0 aliphatic heterocycles. The second kappa shape index (κ2) is 11.0. The molecule has 0 heterocycles. The molecular formula is C21H34ClNO5. The van der Waals surface area contributed by atoms with Crippen LogP contribution in [0.5, 0.6) is 0 Å². The topological polar surface area (TPSA) is 92.7 Å². The molecule has 0 bridgehead atoms. The van der Waals surface area contributed by atoms with Crippen LogP contribution < -0.4 is 5.32 Å². The van der Waals surface area contributed by atoms with E-state index in [4.69, 9.17) is 16.3 Å². The van der Waals surface area contributed by atoms with Gasteiger partial charge >= 0.3 is 11.9 Å². The lowest BCUT2D eigenvalue weighted by Crippen LogP contribution is -2.47. The number of ether oxygens (including phenoxy) is 1. The average Bonchev–Trinajstić information content (AvgIpc) is 3.15. The van der Waals surface area contributed by atoms with Crippen LogP contribution in [0.1, 0.15) is 77.6 Å². The number of rotatable bonds is 10. The highest BCUT2D eigenvalue weighted by Crippen LogP contribution is 2.44. The maximum Gasteiger partial charge on any atom is 0.308 e. The molecule has 0 aromatic carbocycles. The smallest absolute Gasteiger partial charge is 0.308 e. The number of aliphatic carboxylic acids is 1. The summed E-state index contributed by atoms with van der Waals surface area (Å²) in [6.07, 6.45) is 8.03. The Bertz CT molecular complexity index is 547. The van der Waals surface area contributed by atoms with E-state index in [1.54, 1.807) is 6.92 Å². The Morgan fingerprint density at radius 2 is 1.93 bits per heavy atom. The third-order valence-electron chi connectivity index (χ3n) is 6.34. The van der Waals surface area contributed by atoms with Crippen molar-refractivity contribution in [3.05, 3.63) is 0 Å². The molecule has 2 N–H and O–H groups in total. The predicted molar refractivity (Wildman–Crippen MR) is 107 cm³/mol. The molecule has 7 heteroatoms. The molecule has 0 spiro atoms. The summed E-state index contributed by atoms with van der Waals surface area (Å²) in [5.74, 6) is -1.32. The molecule has 0 saturated heterocycles. The normalized spacial score (nSPS) is 25.1. The van der Waals surface area contributed by atoms with Crippen molar-refractivity contribution < 1.29 is 24.2 Å². The third-order valence-corrected chi connectivity index (χ3v) is 6.61. The van der Waals surface area contributed by atoms with Gasteiger partial charge in [0.15, 0.2) is 0 Å². The number of carboxylic acids is 1. The number of hydrogen-bond donors (Lipinski definition) is 2. The van der Waals surface area contributed by atoms with E-state index >= 15 is 0 Å². The number of halogens is 1. The van der Waals surface area contributed by atoms with E-state index in [1.165, 1.54) is 0 Å². The summed E-state index contributed by atoms with van der Waals surface area (Å²) in [6.45, 7) is 2.17. The number of hydrogen-bond acceptors (Lipinski definition) is 4. The summed E-state index contributed by atoms with van der Waals surface area (Å²) in [5, 5.41) is 12.8. The monoisotopic (exact) mass is 415 g/mol. The Labute approximate surface area is 172 Å². The van der Waals surface area contributed by atoms with Crippen LogP contribution in [-0.4, -0.2) is 41.5 Å². The Balaban J connectivity index is 2.01. The van der Waals surface area contributed by atoms with Crippen molar-refractivity contribution in [3.8, 4) is 0 Å². The molecule has 2 aliphatic carbocycles. The van der Waals surface area contributed by atoms with Crippen LogP contribution in [0.3, 0.4) is 0 Å². The van der Waals surface area contributed by atoms with Crippen molar-refractivity contribution >= 4 is 29.4 Å². The quantitative estimate of drug-likeness (QED) is 0.417. The SMILES string of the molecule is CCOC(=O)[C@@H]1CCC[C@H](NC(=O)C2(CC(CCCCl)C(=O)O)CCCC2)C1. The van der Waals surface area contributed by atoms with Gasteiger partial charge in [0.25, 0.3) is 0 Å². The van der Waals surface area contributed by atoms with E-state index < -0.39 is 17.3 Å². The van der Waals surface area contributed by atoms with E-state index in [1.807, 2.05) is 0 Å². The Kier molecular flexibility index (Phi) is 9.06. The van der Waals surface area contributed by atoms with Crippen LogP contribution in [0.15, 0.2) is 0 Å². The lowest BCUT2D eigenvalue weighted by Gasteiger charge is -2.35. The van der Waals surface area contributed by atoms with Gasteiger partial charge in [0, 0.05) is 11.9 Å². The average molecular weight is 416 g/mol. The minimum Gasteiger partial charge on any atom is -0.481 e. The van der Waals surface area contributed by atoms with Crippen LogP contribution >= 0.6 is 11.6 Å². The maximum absolute atomic E-state index is 13.2. The number of nitrogens with one attached hydrogen (secondary N) is 1. The summed E-state index contributed by atoms with van der Waals surface area (Å²) in [4.78, 5) is 37.0. The summed E-state index contributed by atoms with van der Waals surface area (Å²) >= 11 is 5.74. The summed E-state index contributed by atoms with van der Waals surface area (Å²) in [5.41, 5.74) is -0.605. The highest BCUT2D eigenvalue weighted by Gasteiger charge is 2.45. The van der Waals surface area contributed by atoms with Crippen LogP contribution in [0.2, 0.25) is 0 Å². The Morgan fingerprint density at radius 1 is 1.21 bits per heavy atom. The van der Waals surface area contributed by atoms with Gasteiger partial charge in [0.05, 0.1) is 23.9 Å². The first-order valence-corrected chi connectivity index (χ1v) is 11.2. The standard InChI is InChI=1S/C21H34ClNO5/c1-2-28-19(26)15-7-5-9-17(13-15)23-20(27)21(10-3-4-11-21)14-16(18(24)25)8-6-12-22/h15-17H,2-14H2,1H3,(H,23,27)(H,24,25)/t15-,16?,17+/m1/s1. The second-order valence-corrected chi connectivity index (χ2v) is 8.72. The number of carboxylic acid groups (broad SMARTS) is 1. The van der Waals surface area contributed by atoms with E-state index in [0.29, 0.717) is 38.2 Å². The fourth-order valence-corrected chi connectivity index (χ4v) is 4.97. The molecule has 28 heavy (non-hydrogen) atoms. The lowest BCUT2D eigenvalue weighted by molar-refractivity contribution is -0.150. The van der Waals surface area contributed by atoms with Gasteiger partial charge in [-0.05, 0) is 58.3 Å². The number of esters is 1. The molecule has 0 aromatic heterocycles. The van der Waals surface area contributed by atoms with Gasteiger partial charge < -0.3 is 15.2 Å². The van der Waals surface area contributed by atoms with Crippen molar-refractivity contribution in [2.45, 2.75) is 83.6 Å². The minimum atomic E-state index is -0.843. The zero-order valence-corrected chi connectivity index (χ0v) is 17.6. The van der Waals surface area contributed by atoms with Crippen molar-refractivity contribution in [2.75, 3.05) is 12.5 Å². The molecule has 160 valence electrons. The van der Waals surface area contributed by atoms with Crippen LogP contribution in [-0.2, 0) is 19.1 Å². The summed E-state index contributed by atoms with van der Waals surface area (Å²) in [7, 11) is 0. The second-order valence-electron chi connectivity index (χ2n) is 8.34. The van der Waals surface area contributed by atoms with Gasteiger partial charge in [-0.1, -0.05) is 19.3 Å². The van der Waals surface area contributed by atoms with Crippen LogP contribution in [0.25, 0.3) is 0 Å². The highest BCUT2D eigenvalue weighted by molar-refractivity contribution is 6.17. The molecule has 3 atom stereocenters.